The maximum atomic E-state index is 12.6. The molecule has 0 heterocycles. The third kappa shape index (κ3) is 4.71. The number of hydrogen-bond donors (Lipinski definition) is 1. The van der Waals surface area contributed by atoms with Crippen molar-refractivity contribution in [2.24, 2.45) is 0 Å². The second-order valence-electron chi connectivity index (χ2n) is 7.17. The number of carbonyl (C=O) groups excluding carboxylic acids is 2. The molecule has 1 atom stereocenters. The summed E-state index contributed by atoms with van der Waals surface area (Å²) in [4.78, 5) is 26.7. The molecule has 0 spiro atoms. The van der Waals surface area contributed by atoms with Gasteiger partial charge in [-0.25, -0.2) is 0 Å². The Morgan fingerprint density at radius 1 is 1.14 bits per heavy atom. The molecule has 0 bridgehead atoms. The number of benzene rings is 2. The van der Waals surface area contributed by atoms with Crippen LogP contribution < -0.4 is 10.1 Å². The number of nitrogens with zero attached hydrogens (tertiary/aromatic N) is 1. The molecular formula is C23H28N2O3. The van der Waals surface area contributed by atoms with E-state index >= 15 is 0 Å². The largest absolute Gasteiger partial charge is 0.494 e. The Kier molecular flexibility index (Phi) is 6.69. The molecule has 5 heteroatoms. The quantitative estimate of drug-likeness (QED) is 0.710. The average Bonchev–Trinajstić information content (AvgIpc) is 3.16. The summed E-state index contributed by atoms with van der Waals surface area (Å²) in [5, 5.41) is 2.73. The Labute approximate surface area is 166 Å². The third-order valence-electron chi connectivity index (χ3n) is 5.25. The van der Waals surface area contributed by atoms with E-state index in [-0.39, 0.29) is 24.4 Å². The van der Waals surface area contributed by atoms with Crippen molar-refractivity contribution in [1.29, 1.82) is 0 Å². The van der Waals surface area contributed by atoms with Gasteiger partial charge in [0.15, 0.2) is 0 Å². The van der Waals surface area contributed by atoms with Gasteiger partial charge in [0.2, 0.25) is 5.91 Å². The zero-order chi connectivity index (χ0) is 19.9. The maximum absolute atomic E-state index is 12.6. The van der Waals surface area contributed by atoms with Crippen molar-refractivity contribution in [2.75, 3.05) is 20.2 Å². The Bertz CT molecular complexity index is 817. The van der Waals surface area contributed by atoms with E-state index in [1.54, 1.807) is 29.2 Å². The number of aryl methyl sites for hydroxylation is 1. The predicted octanol–water partition coefficient (Wildman–Crippen LogP) is 3.74. The van der Waals surface area contributed by atoms with Gasteiger partial charge >= 0.3 is 0 Å². The Hall–Kier alpha value is -2.82. The molecule has 2 aromatic carbocycles. The van der Waals surface area contributed by atoms with Gasteiger partial charge in [0.1, 0.15) is 5.75 Å². The first-order valence-electron chi connectivity index (χ1n) is 9.94. The van der Waals surface area contributed by atoms with Crippen molar-refractivity contribution in [3.8, 4) is 5.75 Å². The summed E-state index contributed by atoms with van der Waals surface area (Å²) in [6.45, 7) is 2.77. The van der Waals surface area contributed by atoms with Gasteiger partial charge in [0, 0.05) is 12.6 Å². The minimum atomic E-state index is -0.256. The summed E-state index contributed by atoms with van der Waals surface area (Å²) in [6.07, 6.45) is 3.99. The molecule has 0 aromatic heterocycles. The lowest BCUT2D eigenvalue weighted by molar-refractivity contribution is -0.131. The Morgan fingerprint density at radius 2 is 1.89 bits per heavy atom. The van der Waals surface area contributed by atoms with Crippen LogP contribution in [0.25, 0.3) is 0 Å². The second kappa shape index (κ2) is 9.40. The smallest absolute Gasteiger partial charge is 0.251 e. The highest BCUT2D eigenvalue weighted by Gasteiger charge is 2.28. The monoisotopic (exact) mass is 380 g/mol. The van der Waals surface area contributed by atoms with E-state index in [0.29, 0.717) is 12.2 Å². The molecule has 0 radical (unpaired) electrons. The topological polar surface area (TPSA) is 58.6 Å². The van der Waals surface area contributed by atoms with Crippen molar-refractivity contribution in [3.63, 3.8) is 0 Å². The lowest BCUT2D eigenvalue weighted by Gasteiger charge is -2.25. The van der Waals surface area contributed by atoms with Gasteiger partial charge in [0.25, 0.3) is 5.91 Å². The zero-order valence-corrected chi connectivity index (χ0v) is 16.6. The summed E-state index contributed by atoms with van der Waals surface area (Å²) in [5.74, 6) is 0.406. The summed E-state index contributed by atoms with van der Waals surface area (Å²) >= 11 is 0. The van der Waals surface area contributed by atoms with Gasteiger partial charge in [0.05, 0.1) is 19.2 Å². The minimum absolute atomic E-state index is 0.0112. The standard InChI is InChI=1S/C23H28N2O3/c1-3-4-15-28-19-12-9-18(10-13-19)23(27)24-16-22(26)25(2)21-14-11-17-7-5-6-8-20(17)21/h5-10,12-13,21H,3-4,11,14-16H2,1-2H3,(H,24,27). The van der Waals surface area contributed by atoms with Gasteiger partial charge in [-0.2, -0.15) is 0 Å². The first kappa shape index (κ1) is 19.9. The van der Waals surface area contributed by atoms with Crippen LogP contribution in [0.1, 0.15) is 53.7 Å². The molecule has 1 N–H and O–H groups in total. The summed E-state index contributed by atoms with van der Waals surface area (Å²) in [7, 11) is 1.81. The van der Waals surface area contributed by atoms with E-state index < -0.39 is 0 Å². The average molecular weight is 380 g/mol. The van der Waals surface area contributed by atoms with Crippen LogP contribution in [-0.2, 0) is 11.2 Å². The van der Waals surface area contributed by atoms with E-state index in [1.807, 2.05) is 19.2 Å². The summed E-state index contributed by atoms with van der Waals surface area (Å²) in [5.41, 5.74) is 3.03. The van der Waals surface area contributed by atoms with Gasteiger partial charge in [-0.3, -0.25) is 9.59 Å². The predicted molar refractivity (Wildman–Crippen MR) is 109 cm³/mol. The van der Waals surface area contributed by atoms with Crippen LogP contribution in [0.15, 0.2) is 48.5 Å². The highest BCUT2D eigenvalue weighted by atomic mass is 16.5. The van der Waals surface area contributed by atoms with Crippen LogP contribution in [0.4, 0.5) is 0 Å². The van der Waals surface area contributed by atoms with Crippen LogP contribution in [0.3, 0.4) is 0 Å². The number of nitrogens with one attached hydrogen (secondary N) is 1. The fourth-order valence-electron chi connectivity index (χ4n) is 3.53. The molecule has 1 aliphatic carbocycles. The van der Waals surface area contributed by atoms with Crippen LogP contribution in [0.5, 0.6) is 5.75 Å². The summed E-state index contributed by atoms with van der Waals surface area (Å²) < 4.78 is 5.60. The van der Waals surface area contributed by atoms with E-state index in [2.05, 4.69) is 24.4 Å². The lowest BCUT2D eigenvalue weighted by Crippen LogP contribution is -2.39. The van der Waals surface area contributed by atoms with Crippen molar-refractivity contribution in [2.45, 2.75) is 38.6 Å². The van der Waals surface area contributed by atoms with E-state index in [1.165, 1.54) is 11.1 Å². The fraction of sp³-hybridized carbons (Fsp3) is 0.391. The first-order chi connectivity index (χ1) is 13.6. The highest BCUT2D eigenvalue weighted by Crippen LogP contribution is 2.34. The first-order valence-corrected chi connectivity index (χ1v) is 9.94. The Morgan fingerprint density at radius 3 is 2.64 bits per heavy atom. The molecule has 5 nitrogen and oxygen atoms in total. The van der Waals surface area contributed by atoms with Crippen LogP contribution >= 0.6 is 0 Å². The van der Waals surface area contributed by atoms with E-state index in [0.717, 1.165) is 31.4 Å². The van der Waals surface area contributed by atoms with E-state index in [4.69, 9.17) is 4.74 Å². The fourth-order valence-corrected chi connectivity index (χ4v) is 3.53. The maximum Gasteiger partial charge on any atom is 0.251 e. The summed E-state index contributed by atoms with van der Waals surface area (Å²) in [6, 6.07) is 15.3. The van der Waals surface area contributed by atoms with Gasteiger partial charge in [-0.15, -0.1) is 0 Å². The van der Waals surface area contributed by atoms with Crippen LogP contribution in [-0.4, -0.2) is 36.9 Å². The van der Waals surface area contributed by atoms with Crippen LogP contribution in [0, 0.1) is 0 Å². The highest BCUT2D eigenvalue weighted by molar-refractivity contribution is 5.96. The van der Waals surface area contributed by atoms with Gasteiger partial charge < -0.3 is 15.0 Å². The lowest BCUT2D eigenvalue weighted by atomic mass is 10.1. The number of likely N-dealkylation sites (N-methyl/N-ethyl adjacent to an activating group) is 1. The molecule has 1 aliphatic rings. The molecule has 0 fully saturated rings. The number of rotatable bonds is 8. The number of ether oxygens (including phenoxy) is 1. The number of hydrogen-bond acceptors (Lipinski definition) is 3. The van der Waals surface area contributed by atoms with Crippen molar-refractivity contribution < 1.29 is 14.3 Å². The van der Waals surface area contributed by atoms with Gasteiger partial charge in [-0.05, 0) is 54.7 Å². The normalized spacial score (nSPS) is 15.0. The van der Waals surface area contributed by atoms with Crippen molar-refractivity contribution >= 4 is 11.8 Å². The SMILES string of the molecule is CCCCOc1ccc(C(=O)NCC(=O)N(C)C2CCc3ccccc32)cc1. The molecule has 28 heavy (non-hydrogen) atoms. The zero-order valence-electron chi connectivity index (χ0n) is 16.6. The number of unbranched alkanes of at least 4 members (excludes halogenated alkanes) is 1. The number of fused-ring (bicyclic) bond motifs is 1. The number of amides is 2. The van der Waals surface area contributed by atoms with E-state index in [9.17, 15) is 9.59 Å². The third-order valence-corrected chi connectivity index (χ3v) is 5.25. The molecule has 3 rings (SSSR count). The molecule has 0 aliphatic heterocycles. The molecule has 2 aromatic rings. The Balaban J connectivity index is 1.51. The molecule has 2 amide bonds. The number of carbonyl (C=O) groups is 2. The molecule has 1 unspecified atom stereocenters. The molecule has 0 saturated carbocycles. The molecular weight excluding hydrogens is 352 g/mol. The van der Waals surface area contributed by atoms with Gasteiger partial charge in [-0.1, -0.05) is 37.6 Å². The molecule has 148 valence electrons. The van der Waals surface area contributed by atoms with Crippen LogP contribution in [0.2, 0.25) is 0 Å². The molecule has 0 saturated heterocycles. The minimum Gasteiger partial charge on any atom is -0.494 e. The van der Waals surface area contributed by atoms with Crippen molar-refractivity contribution in [1.82, 2.24) is 10.2 Å². The second-order valence-corrected chi connectivity index (χ2v) is 7.17. The van der Waals surface area contributed by atoms with Crippen molar-refractivity contribution in [3.05, 3.63) is 65.2 Å².